The number of phenols is 1. The first-order valence-electron chi connectivity index (χ1n) is 12.6. The lowest BCUT2D eigenvalue weighted by atomic mass is 9.98. The number of aryl methyl sites for hydroxylation is 1. The van der Waals surface area contributed by atoms with Crippen LogP contribution in [0.15, 0.2) is 65.4 Å². The van der Waals surface area contributed by atoms with Gasteiger partial charge >= 0.3 is 6.03 Å². The number of hydrazine groups is 1. The zero-order valence-corrected chi connectivity index (χ0v) is 23.3. The normalized spacial score (nSPS) is 19.8. The number of carbonyl (C=O) groups is 3. The molecular weight excluding hydrogens is 566 g/mol. The van der Waals surface area contributed by atoms with E-state index in [1.54, 1.807) is 52.3 Å². The predicted molar refractivity (Wildman–Crippen MR) is 146 cm³/mol. The maximum atomic E-state index is 13.8. The van der Waals surface area contributed by atoms with E-state index in [-0.39, 0.29) is 49.7 Å². The first kappa shape index (κ1) is 26.7. The standard InChI is InChI=1S/C27H30BrN7O4/c1-31-11-10-29-23(31)15-33-16-24-34(22(26(33)38)13-18-6-8-21(36)9-7-18)25(37)17-32(2)35(24)27(39)30-14-19-4-3-5-20(28)12-19/h3-12,22,24,36H,13-17H2,1-2H3,(H,30,39)/t22-,24?/m0/s1. The molecule has 4 amide bonds. The highest BCUT2D eigenvalue weighted by Crippen LogP contribution is 2.29. The Morgan fingerprint density at radius 2 is 1.90 bits per heavy atom. The Morgan fingerprint density at radius 3 is 2.59 bits per heavy atom. The molecule has 2 N–H and O–H groups in total. The molecule has 2 aromatic carbocycles. The SMILES string of the molecule is CN1CC(=O)N2C(CN(Cc3nccn3C)C(=O)[C@@H]2Cc2ccc(O)cc2)N1C(=O)NCc1cccc(Br)c1. The summed E-state index contributed by atoms with van der Waals surface area (Å²) in [7, 11) is 3.55. The highest BCUT2D eigenvalue weighted by molar-refractivity contribution is 9.10. The second-order valence-corrected chi connectivity index (χ2v) is 10.7. The fraction of sp³-hybridized carbons (Fsp3) is 0.333. The van der Waals surface area contributed by atoms with Crippen molar-refractivity contribution in [1.29, 1.82) is 0 Å². The summed E-state index contributed by atoms with van der Waals surface area (Å²) in [5.74, 6) is 0.371. The topological polar surface area (TPSA) is 114 Å². The smallest absolute Gasteiger partial charge is 0.334 e. The van der Waals surface area contributed by atoms with Crippen LogP contribution in [0.3, 0.4) is 0 Å². The number of carbonyl (C=O) groups excluding carboxylic acids is 3. The molecule has 12 heteroatoms. The van der Waals surface area contributed by atoms with Crippen molar-refractivity contribution in [1.82, 2.24) is 34.7 Å². The number of urea groups is 1. The molecule has 1 aromatic heterocycles. The van der Waals surface area contributed by atoms with Gasteiger partial charge in [0.15, 0.2) is 0 Å². The summed E-state index contributed by atoms with van der Waals surface area (Å²) < 4.78 is 2.75. The number of likely N-dealkylation sites (N-methyl/N-ethyl adjacent to an activating group) is 1. The van der Waals surface area contributed by atoms with Gasteiger partial charge < -0.3 is 24.8 Å². The van der Waals surface area contributed by atoms with Crippen molar-refractivity contribution < 1.29 is 19.5 Å². The number of nitrogens with zero attached hydrogens (tertiary/aromatic N) is 6. The van der Waals surface area contributed by atoms with E-state index >= 15 is 0 Å². The first-order valence-corrected chi connectivity index (χ1v) is 13.4. The molecule has 2 aliphatic rings. The fourth-order valence-electron chi connectivity index (χ4n) is 5.13. The number of hydrogen-bond donors (Lipinski definition) is 2. The van der Waals surface area contributed by atoms with Crippen LogP contribution in [0.1, 0.15) is 17.0 Å². The Hall–Kier alpha value is -3.90. The highest BCUT2D eigenvalue weighted by Gasteiger charge is 2.50. The average Bonchev–Trinajstić information content (AvgIpc) is 3.30. The molecule has 1 unspecified atom stereocenters. The summed E-state index contributed by atoms with van der Waals surface area (Å²) in [5, 5.41) is 15.8. The molecule has 0 saturated carbocycles. The van der Waals surface area contributed by atoms with Crippen LogP contribution in [0.5, 0.6) is 5.75 Å². The number of amides is 4. The van der Waals surface area contributed by atoms with Crippen molar-refractivity contribution in [3.8, 4) is 5.75 Å². The number of aromatic nitrogens is 2. The molecule has 2 aliphatic heterocycles. The predicted octanol–water partition coefficient (Wildman–Crippen LogP) is 2.07. The average molecular weight is 596 g/mol. The summed E-state index contributed by atoms with van der Waals surface area (Å²) in [5.41, 5.74) is 1.71. The van der Waals surface area contributed by atoms with Crippen LogP contribution < -0.4 is 5.32 Å². The largest absolute Gasteiger partial charge is 0.508 e. The van der Waals surface area contributed by atoms with Gasteiger partial charge in [0.25, 0.3) is 0 Å². The van der Waals surface area contributed by atoms with E-state index < -0.39 is 12.2 Å². The van der Waals surface area contributed by atoms with Crippen molar-refractivity contribution >= 4 is 33.8 Å². The van der Waals surface area contributed by atoms with E-state index in [1.807, 2.05) is 42.1 Å². The molecule has 0 radical (unpaired) electrons. The molecule has 39 heavy (non-hydrogen) atoms. The van der Waals surface area contributed by atoms with E-state index in [9.17, 15) is 19.5 Å². The number of aromatic hydroxyl groups is 1. The minimum atomic E-state index is -0.824. The third-order valence-electron chi connectivity index (χ3n) is 7.10. The van der Waals surface area contributed by atoms with Gasteiger partial charge in [-0.05, 0) is 35.4 Å². The molecule has 3 aromatic rings. The zero-order chi connectivity index (χ0) is 27.7. The molecule has 204 valence electrons. The van der Waals surface area contributed by atoms with Gasteiger partial charge in [0.1, 0.15) is 23.8 Å². The van der Waals surface area contributed by atoms with Crippen molar-refractivity contribution in [2.24, 2.45) is 7.05 Å². The van der Waals surface area contributed by atoms with Gasteiger partial charge in [-0.3, -0.25) is 9.59 Å². The van der Waals surface area contributed by atoms with Crippen LogP contribution in [0.25, 0.3) is 0 Å². The molecule has 2 atom stereocenters. The number of halogens is 1. The van der Waals surface area contributed by atoms with Crippen molar-refractivity contribution in [2.75, 3.05) is 20.1 Å². The van der Waals surface area contributed by atoms with Gasteiger partial charge in [-0.1, -0.05) is 40.2 Å². The Morgan fingerprint density at radius 1 is 1.13 bits per heavy atom. The number of benzene rings is 2. The van der Waals surface area contributed by atoms with Crippen LogP contribution in [-0.4, -0.2) is 84.7 Å². The van der Waals surface area contributed by atoms with E-state index in [0.29, 0.717) is 12.4 Å². The fourth-order valence-corrected chi connectivity index (χ4v) is 5.57. The molecule has 0 bridgehead atoms. The molecule has 0 aliphatic carbocycles. The highest BCUT2D eigenvalue weighted by atomic mass is 79.9. The molecule has 3 heterocycles. The second-order valence-electron chi connectivity index (χ2n) is 9.79. The van der Waals surface area contributed by atoms with Crippen molar-refractivity contribution in [3.63, 3.8) is 0 Å². The van der Waals surface area contributed by atoms with Crippen LogP contribution in [-0.2, 0) is 36.1 Å². The van der Waals surface area contributed by atoms with E-state index in [2.05, 4.69) is 26.2 Å². The van der Waals surface area contributed by atoms with Crippen LogP contribution in [0.4, 0.5) is 4.79 Å². The number of rotatable bonds is 6. The number of imidazole rings is 1. The first-order chi connectivity index (χ1) is 18.7. The van der Waals surface area contributed by atoms with Crippen molar-refractivity contribution in [3.05, 3.63) is 82.3 Å². The second kappa shape index (κ2) is 11.1. The summed E-state index contributed by atoms with van der Waals surface area (Å²) in [4.78, 5) is 48.4. The Bertz CT molecular complexity index is 1380. The lowest BCUT2D eigenvalue weighted by molar-refractivity contribution is -0.187. The molecule has 2 saturated heterocycles. The number of nitrogens with one attached hydrogen (secondary N) is 1. The molecule has 11 nitrogen and oxygen atoms in total. The number of piperazine rings is 1. The Balaban J connectivity index is 1.45. The van der Waals surface area contributed by atoms with Crippen LogP contribution in [0.2, 0.25) is 0 Å². The molecular formula is C27H30BrN7O4. The number of phenolic OH excluding ortho intramolecular Hbond substituents is 1. The van der Waals surface area contributed by atoms with Gasteiger partial charge in [0.05, 0.1) is 19.6 Å². The van der Waals surface area contributed by atoms with E-state index in [1.165, 1.54) is 5.01 Å². The maximum Gasteiger partial charge on any atom is 0.334 e. The van der Waals surface area contributed by atoms with Crippen molar-refractivity contribution in [2.45, 2.75) is 31.7 Å². The monoisotopic (exact) mass is 595 g/mol. The third kappa shape index (κ3) is 5.62. The van der Waals surface area contributed by atoms with Crippen LogP contribution >= 0.6 is 15.9 Å². The lowest BCUT2D eigenvalue weighted by Crippen LogP contribution is -2.76. The zero-order valence-electron chi connectivity index (χ0n) is 21.7. The molecule has 0 spiro atoms. The van der Waals surface area contributed by atoms with E-state index in [4.69, 9.17) is 0 Å². The van der Waals surface area contributed by atoms with Crippen LogP contribution in [0, 0.1) is 0 Å². The Labute approximate surface area is 234 Å². The maximum absolute atomic E-state index is 13.8. The Kier molecular flexibility index (Phi) is 7.58. The summed E-state index contributed by atoms with van der Waals surface area (Å²) in [6.07, 6.45) is 3.02. The molecule has 2 fully saturated rings. The summed E-state index contributed by atoms with van der Waals surface area (Å²) >= 11 is 3.45. The van der Waals surface area contributed by atoms with E-state index in [0.717, 1.165) is 15.6 Å². The minimum absolute atomic E-state index is 0.0421. The molecule has 5 rings (SSSR count). The quantitative estimate of drug-likeness (QED) is 0.451. The van der Waals surface area contributed by atoms with Gasteiger partial charge in [0.2, 0.25) is 11.8 Å². The lowest BCUT2D eigenvalue weighted by Gasteiger charge is -2.54. The van der Waals surface area contributed by atoms with Gasteiger partial charge in [-0.2, -0.15) is 0 Å². The van der Waals surface area contributed by atoms with Gasteiger partial charge in [0, 0.05) is 43.9 Å². The van der Waals surface area contributed by atoms with Gasteiger partial charge in [-0.15, -0.1) is 0 Å². The number of hydrogen-bond acceptors (Lipinski definition) is 6. The minimum Gasteiger partial charge on any atom is -0.508 e. The summed E-state index contributed by atoms with van der Waals surface area (Å²) in [6, 6.07) is 13.0. The third-order valence-corrected chi connectivity index (χ3v) is 7.59. The number of fused-ring (bicyclic) bond motifs is 1. The van der Waals surface area contributed by atoms with Gasteiger partial charge in [-0.25, -0.2) is 19.8 Å². The summed E-state index contributed by atoms with van der Waals surface area (Å²) in [6.45, 7) is 0.637.